The summed E-state index contributed by atoms with van der Waals surface area (Å²) >= 11 is 6.13. The van der Waals surface area contributed by atoms with E-state index in [9.17, 15) is 13.2 Å². The van der Waals surface area contributed by atoms with Crippen molar-refractivity contribution in [3.63, 3.8) is 0 Å². The second kappa shape index (κ2) is 11.2. The third-order valence-corrected chi connectivity index (χ3v) is 6.15. The fourth-order valence-corrected chi connectivity index (χ4v) is 4.55. The number of hydrogen-bond donors (Lipinski definition) is 1. The first-order valence-corrected chi connectivity index (χ1v) is 12.2. The summed E-state index contributed by atoms with van der Waals surface area (Å²) in [6, 6.07) is 11.4. The van der Waals surface area contributed by atoms with Crippen LogP contribution < -0.4 is 19.1 Å². The first-order valence-electron chi connectivity index (χ1n) is 9.99. The van der Waals surface area contributed by atoms with E-state index in [1.807, 2.05) is 24.3 Å². The van der Waals surface area contributed by atoms with E-state index in [0.29, 0.717) is 11.5 Å². The minimum Gasteiger partial charge on any atom is -0.495 e. The molecule has 0 radical (unpaired) electrons. The highest BCUT2D eigenvalue weighted by Crippen LogP contribution is 2.31. The van der Waals surface area contributed by atoms with Gasteiger partial charge in [0, 0.05) is 0 Å². The molecule has 0 fully saturated rings. The minimum atomic E-state index is -3.74. The molecule has 0 heterocycles. The van der Waals surface area contributed by atoms with E-state index in [0.717, 1.165) is 23.4 Å². The number of amides is 1. The molecule has 0 spiro atoms. The van der Waals surface area contributed by atoms with E-state index in [4.69, 9.17) is 21.1 Å². The normalized spacial score (nSPS) is 12.2. The molecule has 1 atom stereocenters. The summed E-state index contributed by atoms with van der Waals surface area (Å²) in [4.78, 5) is 12.6. The molecule has 1 N–H and O–H groups in total. The van der Waals surface area contributed by atoms with E-state index in [1.165, 1.54) is 25.7 Å². The summed E-state index contributed by atoms with van der Waals surface area (Å²) in [5.74, 6) is 0.683. The summed E-state index contributed by atoms with van der Waals surface area (Å²) < 4.78 is 36.5. The molecule has 0 aliphatic heterocycles. The van der Waals surface area contributed by atoms with Crippen molar-refractivity contribution in [2.24, 2.45) is 0 Å². The SMILES string of the molecule is CCCc1ccc(OCCNC(=O)C(C)N(c2ccc(OC)c(Cl)c2)S(C)(=O)=O)cc1. The maximum Gasteiger partial charge on any atom is 0.243 e. The molecule has 31 heavy (non-hydrogen) atoms. The highest BCUT2D eigenvalue weighted by molar-refractivity contribution is 7.92. The molecule has 170 valence electrons. The van der Waals surface area contributed by atoms with Gasteiger partial charge in [-0.25, -0.2) is 8.42 Å². The number of rotatable bonds is 11. The van der Waals surface area contributed by atoms with E-state index in [1.54, 1.807) is 12.1 Å². The number of nitrogens with one attached hydrogen (secondary N) is 1. The zero-order valence-corrected chi connectivity index (χ0v) is 19.8. The number of anilines is 1. The molecule has 9 heteroatoms. The Morgan fingerprint density at radius 1 is 1.19 bits per heavy atom. The van der Waals surface area contributed by atoms with E-state index >= 15 is 0 Å². The average Bonchev–Trinajstić information content (AvgIpc) is 2.71. The lowest BCUT2D eigenvalue weighted by Gasteiger charge is -2.28. The van der Waals surface area contributed by atoms with Gasteiger partial charge in [-0.15, -0.1) is 0 Å². The monoisotopic (exact) mass is 468 g/mol. The molecule has 1 unspecified atom stereocenters. The van der Waals surface area contributed by atoms with E-state index in [2.05, 4.69) is 12.2 Å². The Hall–Kier alpha value is -2.45. The van der Waals surface area contributed by atoms with E-state index < -0.39 is 22.0 Å². The Morgan fingerprint density at radius 3 is 2.42 bits per heavy atom. The molecule has 0 aliphatic carbocycles. The molecule has 0 saturated carbocycles. The van der Waals surface area contributed by atoms with Crippen molar-refractivity contribution in [3.05, 3.63) is 53.1 Å². The Kier molecular flexibility index (Phi) is 9.00. The molecule has 7 nitrogen and oxygen atoms in total. The van der Waals surface area contributed by atoms with Gasteiger partial charge < -0.3 is 14.8 Å². The average molecular weight is 469 g/mol. The number of ether oxygens (including phenoxy) is 2. The van der Waals surface area contributed by atoms with E-state index in [-0.39, 0.29) is 23.9 Å². The van der Waals surface area contributed by atoms with Crippen LogP contribution in [0.1, 0.15) is 25.8 Å². The number of sulfonamides is 1. The molecule has 0 aromatic heterocycles. The quantitative estimate of drug-likeness (QED) is 0.509. The maximum absolute atomic E-state index is 12.6. The molecular weight excluding hydrogens is 440 g/mol. The predicted molar refractivity (Wildman–Crippen MR) is 124 cm³/mol. The topological polar surface area (TPSA) is 84.9 Å². The van der Waals surface area contributed by atoms with Crippen LogP contribution in [0.15, 0.2) is 42.5 Å². The van der Waals surface area contributed by atoms with Gasteiger partial charge in [-0.1, -0.05) is 37.1 Å². The molecule has 0 saturated heterocycles. The molecule has 2 aromatic carbocycles. The highest BCUT2D eigenvalue weighted by Gasteiger charge is 2.29. The lowest BCUT2D eigenvalue weighted by Crippen LogP contribution is -2.48. The maximum atomic E-state index is 12.6. The van der Waals surface area contributed by atoms with Crippen molar-refractivity contribution in [3.8, 4) is 11.5 Å². The van der Waals surface area contributed by atoms with Crippen molar-refractivity contribution in [2.75, 3.05) is 30.8 Å². The number of methoxy groups -OCH3 is 1. The largest absolute Gasteiger partial charge is 0.495 e. The van der Waals surface area contributed by atoms with Crippen LogP contribution in [0.5, 0.6) is 11.5 Å². The fourth-order valence-electron chi connectivity index (χ4n) is 3.13. The molecule has 0 aliphatic rings. The Morgan fingerprint density at radius 2 is 1.87 bits per heavy atom. The van der Waals surface area contributed by atoms with Gasteiger partial charge in [0.05, 0.1) is 30.6 Å². The number of aryl methyl sites for hydroxylation is 1. The number of carbonyl (C=O) groups excluding carboxylic acids is 1. The van der Waals surface area contributed by atoms with Gasteiger partial charge in [-0.3, -0.25) is 9.10 Å². The zero-order chi connectivity index (χ0) is 23.0. The second-order valence-electron chi connectivity index (χ2n) is 7.09. The number of hydrogen-bond acceptors (Lipinski definition) is 5. The Balaban J connectivity index is 1.98. The summed E-state index contributed by atoms with van der Waals surface area (Å²) in [7, 11) is -2.27. The van der Waals surface area contributed by atoms with Crippen LogP contribution in [0.3, 0.4) is 0 Å². The van der Waals surface area contributed by atoms with Crippen molar-refractivity contribution in [1.82, 2.24) is 5.32 Å². The van der Waals surface area contributed by atoms with Crippen molar-refractivity contribution >= 4 is 33.2 Å². The van der Waals surface area contributed by atoms with Crippen LogP contribution in [0, 0.1) is 0 Å². The first kappa shape index (κ1) is 24.8. The zero-order valence-electron chi connectivity index (χ0n) is 18.2. The minimum absolute atomic E-state index is 0.237. The van der Waals surface area contributed by atoms with Gasteiger partial charge in [-0.2, -0.15) is 0 Å². The molecule has 2 aromatic rings. The molecular formula is C22H29ClN2O5S. The lowest BCUT2D eigenvalue weighted by atomic mass is 10.1. The smallest absolute Gasteiger partial charge is 0.243 e. The third kappa shape index (κ3) is 7.04. The number of halogens is 1. The van der Waals surface area contributed by atoms with Crippen LogP contribution in [-0.4, -0.2) is 46.9 Å². The Bertz CT molecular complexity index is 980. The standard InChI is InChI=1S/C22H29ClN2O5S/c1-5-6-17-7-10-19(11-8-17)30-14-13-24-22(26)16(2)25(31(4,27)28)18-9-12-21(29-3)20(23)15-18/h7-12,15-16H,5-6,13-14H2,1-4H3,(H,24,26). The second-order valence-corrected chi connectivity index (χ2v) is 9.35. The van der Waals surface area contributed by atoms with Crippen molar-refractivity contribution in [2.45, 2.75) is 32.7 Å². The summed E-state index contributed by atoms with van der Waals surface area (Å²) in [6.07, 6.45) is 3.14. The number of nitrogens with zero attached hydrogens (tertiary/aromatic N) is 1. The summed E-state index contributed by atoms with van der Waals surface area (Å²) in [5.41, 5.74) is 1.52. The van der Waals surface area contributed by atoms with Crippen LogP contribution in [-0.2, 0) is 21.2 Å². The van der Waals surface area contributed by atoms with Crippen molar-refractivity contribution in [1.29, 1.82) is 0 Å². The Labute approximate surface area is 189 Å². The third-order valence-electron chi connectivity index (χ3n) is 4.61. The number of benzene rings is 2. The predicted octanol–water partition coefficient (Wildman–Crippen LogP) is 3.65. The molecule has 0 bridgehead atoms. The molecule has 2 rings (SSSR count). The first-order chi connectivity index (χ1) is 14.7. The van der Waals surface area contributed by atoms with Gasteiger partial charge in [-0.05, 0) is 49.2 Å². The van der Waals surface area contributed by atoms with Gasteiger partial charge in [0.2, 0.25) is 15.9 Å². The van der Waals surface area contributed by atoms with Gasteiger partial charge in [0.1, 0.15) is 24.1 Å². The van der Waals surface area contributed by atoms with Crippen LogP contribution in [0.2, 0.25) is 5.02 Å². The summed E-state index contributed by atoms with van der Waals surface area (Å²) in [5, 5.41) is 2.97. The fraction of sp³-hybridized carbons (Fsp3) is 0.409. The lowest BCUT2D eigenvalue weighted by molar-refractivity contribution is -0.121. The van der Waals surface area contributed by atoms with Gasteiger partial charge >= 0.3 is 0 Å². The van der Waals surface area contributed by atoms with Crippen molar-refractivity contribution < 1.29 is 22.7 Å². The van der Waals surface area contributed by atoms with Gasteiger partial charge in [0.15, 0.2) is 0 Å². The van der Waals surface area contributed by atoms with Crippen LogP contribution in [0.25, 0.3) is 0 Å². The van der Waals surface area contributed by atoms with Crippen LogP contribution >= 0.6 is 11.6 Å². The number of carbonyl (C=O) groups is 1. The summed E-state index contributed by atoms with van der Waals surface area (Å²) in [6.45, 7) is 4.14. The highest BCUT2D eigenvalue weighted by atomic mass is 35.5. The molecule has 1 amide bonds. The van der Waals surface area contributed by atoms with Gasteiger partial charge in [0.25, 0.3) is 0 Å². The van der Waals surface area contributed by atoms with Crippen LogP contribution in [0.4, 0.5) is 5.69 Å².